The number of halogens is 1. The van der Waals surface area contributed by atoms with Crippen LogP contribution in [0, 0.1) is 5.82 Å². The van der Waals surface area contributed by atoms with E-state index in [0.29, 0.717) is 23.4 Å². The number of nitrogens with zero attached hydrogens (tertiary/aromatic N) is 2. The first-order valence-corrected chi connectivity index (χ1v) is 13.3. The van der Waals surface area contributed by atoms with Crippen LogP contribution in [-0.2, 0) is 4.79 Å². The van der Waals surface area contributed by atoms with Gasteiger partial charge in [0.1, 0.15) is 11.6 Å². The van der Waals surface area contributed by atoms with Gasteiger partial charge in [-0.1, -0.05) is 24.3 Å². The van der Waals surface area contributed by atoms with Crippen LogP contribution < -0.4 is 20.3 Å². The van der Waals surface area contributed by atoms with Crippen molar-refractivity contribution < 1.29 is 23.5 Å². The standard InChI is InChI=1S/C30H31FN4O4/c31-21-11-13-22(14-12-21)33-18-17-32-16-5-6-19-34-25-9-3-4-10-26(25)39-27(30(34)38)15-20-35-28(36)23-7-1-2-8-24(23)29(35)37/h1-4,7-14,27,32-33H,5-6,15-20H2. The second kappa shape index (κ2) is 12.1. The van der Waals surface area contributed by atoms with Gasteiger partial charge < -0.3 is 20.3 Å². The Hall–Kier alpha value is -4.24. The maximum atomic E-state index is 13.4. The molecule has 2 heterocycles. The van der Waals surface area contributed by atoms with Gasteiger partial charge in [0.2, 0.25) is 0 Å². The van der Waals surface area contributed by atoms with Crippen molar-refractivity contribution in [3.8, 4) is 5.75 Å². The van der Waals surface area contributed by atoms with E-state index in [1.54, 1.807) is 41.3 Å². The monoisotopic (exact) mass is 530 g/mol. The number of carbonyl (C=O) groups excluding carboxylic acids is 3. The first-order chi connectivity index (χ1) is 19.0. The summed E-state index contributed by atoms with van der Waals surface area (Å²) in [6.07, 6.45) is 1.12. The third kappa shape index (κ3) is 5.93. The quantitative estimate of drug-likeness (QED) is 0.271. The molecule has 3 aromatic rings. The highest BCUT2D eigenvalue weighted by molar-refractivity contribution is 6.21. The van der Waals surface area contributed by atoms with Crippen LogP contribution in [0.15, 0.2) is 72.8 Å². The molecule has 39 heavy (non-hydrogen) atoms. The molecule has 3 aromatic carbocycles. The number of para-hydroxylation sites is 2. The zero-order valence-corrected chi connectivity index (χ0v) is 21.6. The second-order valence-electron chi connectivity index (χ2n) is 9.55. The van der Waals surface area contributed by atoms with Crippen LogP contribution in [0.4, 0.5) is 15.8 Å². The van der Waals surface area contributed by atoms with Crippen LogP contribution in [0.5, 0.6) is 5.75 Å². The molecule has 202 valence electrons. The summed E-state index contributed by atoms with van der Waals surface area (Å²) in [7, 11) is 0. The minimum atomic E-state index is -0.778. The number of unbranched alkanes of at least 4 members (excludes halogenated alkanes) is 1. The Morgan fingerprint density at radius 2 is 1.44 bits per heavy atom. The molecule has 8 nitrogen and oxygen atoms in total. The minimum absolute atomic E-state index is 0.106. The molecule has 5 rings (SSSR count). The van der Waals surface area contributed by atoms with Crippen molar-refractivity contribution in [3.63, 3.8) is 0 Å². The molecule has 0 radical (unpaired) electrons. The molecule has 9 heteroatoms. The fraction of sp³-hybridized carbons (Fsp3) is 0.300. The number of benzene rings is 3. The molecule has 2 aliphatic rings. The summed E-state index contributed by atoms with van der Waals surface area (Å²) in [5.74, 6) is -0.474. The van der Waals surface area contributed by atoms with E-state index in [1.165, 1.54) is 17.0 Å². The van der Waals surface area contributed by atoms with Gasteiger partial charge >= 0.3 is 0 Å². The number of anilines is 2. The lowest BCUT2D eigenvalue weighted by molar-refractivity contribution is -0.126. The molecule has 1 unspecified atom stereocenters. The molecule has 0 fully saturated rings. The highest BCUT2D eigenvalue weighted by atomic mass is 19.1. The number of nitrogens with one attached hydrogen (secondary N) is 2. The highest BCUT2D eigenvalue weighted by Gasteiger charge is 2.38. The Labute approximate surface area is 226 Å². The van der Waals surface area contributed by atoms with Gasteiger partial charge in [0, 0.05) is 38.3 Å². The van der Waals surface area contributed by atoms with Crippen molar-refractivity contribution in [1.29, 1.82) is 0 Å². The van der Waals surface area contributed by atoms with E-state index in [1.807, 2.05) is 24.3 Å². The predicted octanol–water partition coefficient (Wildman–Crippen LogP) is 4.09. The molecule has 0 aliphatic carbocycles. The van der Waals surface area contributed by atoms with Crippen molar-refractivity contribution >= 4 is 29.1 Å². The predicted molar refractivity (Wildman–Crippen MR) is 147 cm³/mol. The lowest BCUT2D eigenvalue weighted by Gasteiger charge is -2.35. The van der Waals surface area contributed by atoms with Gasteiger partial charge in [0.25, 0.3) is 17.7 Å². The Morgan fingerprint density at radius 1 is 0.744 bits per heavy atom. The highest BCUT2D eigenvalue weighted by Crippen LogP contribution is 2.35. The normalized spacial score (nSPS) is 16.2. The number of imide groups is 1. The Morgan fingerprint density at radius 3 is 2.18 bits per heavy atom. The third-order valence-electron chi connectivity index (χ3n) is 6.92. The Bertz CT molecular complexity index is 1310. The maximum absolute atomic E-state index is 13.4. The van der Waals surface area contributed by atoms with Crippen LogP contribution >= 0.6 is 0 Å². The number of fused-ring (bicyclic) bond motifs is 2. The van der Waals surface area contributed by atoms with Crippen molar-refractivity contribution in [3.05, 3.63) is 89.7 Å². The van der Waals surface area contributed by atoms with Gasteiger partial charge in [-0.3, -0.25) is 19.3 Å². The lowest BCUT2D eigenvalue weighted by Crippen LogP contribution is -2.48. The largest absolute Gasteiger partial charge is 0.478 e. The molecule has 0 bridgehead atoms. The zero-order valence-electron chi connectivity index (χ0n) is 21.6. The van der Waals surface area contributed by atoms with Crippen molar-refractivity contribution in [1.82, 2.24) is 10.2 Å². The topological polar surface area (TPSA) is 91.0 Å². The molecule has 3 amide bonds. The summed E-state index contributed by atoms with van der Waals surface area (Å²) < 4.78 is 19.0. The first kappa shape index (κ1) is 26.4. The number of hydrogen-bond donors (Lipinski definition) is 2. The Balaban J connectivity index is 1.10. The van der Waals surface area contributed by atoms with Crippen molar-refractivity contribution in [2.24, 2.45) is 0 Å². The number of amides is 3. The van der Waals surface area contributed by atoms with Crippen molar-refractivity contribution in [2.75, 3.05) is 42.9 Å². The average molecular weight is 531 g/mol. The van der Waals surface area contributed by atoms with E-state index >= 15 is 0 Å². The molecule has 0 saturated carbocycles. The number of carbonyl (C=O) groups is 3. The molecule has 0 spiro atoms. The molecule has 1 atom stereocenters. The summed E-state index contributed by atoms with van der Waals surface area (Å²) in [6, 6.07) is 20.5. The minimum Gasteiger partial charge on any atom is -0.478 e. The van der Waals surface area contributed by atoms with E-state index in [-0.39, 0.29) is 36.5 Å². The van der Waals surface area contributed by atoms with Gasteiger partial charge in [-0.15, -0.1) is 0 Å². The fourth-order valence-electron chi connectivity index (χ4n) is 4.89. The fourth-order valence-corrected chi connectivity index (χ4v) is 4.89. The smallest absolute Gasteiger partial charge is 0.268 e. The summed E-state index contributed by atoms with van der Waals surface area (Å²) in [5, 5.41) is 6.61. The summed E-state index contributed by atoms with van der Waals surface area (Å²) >= 11 is 0. The summed E-state index contributed by atoms with van der Waals surface area (Å²) in [6.45, 7) is 2.92. The van der Waals surface area contributed by atoms with E-state index in [4.69, 9.17) is 4.74 Å². The SMILES string of the molecule is O=C1c2ccccc2C(=O)N1CCC1Oc2ccccc2N(CCCCNCCNc2ccc(F)cc2)C1=O. The first-order valence-electron chi connectivity index (χ1n) is 13.3. The second-order valence-corrected chi connectivity index (χ2v) is 9.55. The molecular weight excluding hydrogens is 499 g/mol. The van der Waals surface area contributed by atoms with E-state index in [9.17, 15) is 18.8 Å². The number of ether oxygens (including phenoxy) is 1. The van der Waals surface area contributed by atoms with E-state index in [0.717, 1.165) is 43.9 Å². The number of rotatable bonds is 12. The van der Waals surface area contributed by atoms with Gasteiger partial charge in [0.05, 0.1) is 16.8 Å². The molecule has 2 aliphatic heterocycles. The van der Waals surface area contributed by atoms with Gasteiger partial charge in [-0.05, 0) is 67.9 Å². The average Bonchev–Trinajstić information content (AvgIpc) is 3.20. The molecular formula is C30H31FN4O4. The Kier molecular flexibility index (Phi) is 8.17. The van der Waals surface area contributed by atoms with Crippen LogP contribution in [0.25, 0.3) is 0 Å². The van der Waals surface area contributed by atoms with Crippen LogP contribution in [0.3, 0.4) is 0 Å². The molecule has 2 N–H and O–H groups in total. The third-order valence-corrected chi connectivity index (χ3v) is 6.92. The lowest BCUT2D eigenvalue weighted by atomic mass is 10.1. The maximum Gasteiger partial charge on any atom is 0.268 e. The van der Waals surface area contributed by atoms with Crippen LogP contribution in [0.2, 0.25) is 0 Å². The van der Waals surface area contributed by atoms with Gasteiger partial charge in [0.15, 0.2) is 6.10 Å². The van der Waals surface area contributed by atoms with Gasteiger partial charge in [-0.2, -0.15) is 0 Å². The van der Waals surface area contributed by atoms with Crippen LogP contribution in [-0.4, -0.2) is 61.4 Å². The zero-order chi connectivity index (χ0) is 27.2. The van der Waals surface area contributed by atoms with Gasteiger partial charge in [-0.25, -0.2) is 4.39 Å². The van der Waals surface area contributed by atoms with E-state index < -0.39 is 6.10 Å². The summed E-state index contributed by atoms with van der Waals surface area (Å²) in [5.41, 5.74) is 2.40. The number of hydrogen-bond acceptors (Lipinski definition) is 6. The van der Waals surface area contributed by atoms with Crippen molar-refractivity contribution in [2.45, 2.75) is 25.4 Å². The summed E-state index contributed by atoms with van der Waals surface area (Å²) in [4.78, 5) is 41.8. The van der Waals surface area contributed by atoms with Crippen LogP contribution in [0.1, 0.15) is 40.0 Å². The molecule has 0 saturated heterocycles. The van der Waals surface area contributed by atoms with E-state index in [2.05, 4.69) is 10.6 Å². The molecule has 0 aromatic heterocycles.